The van der Waals surface area contributed by atoms with Gasteiger partial charge in [0.25, 0.3) is 5.89 Å². The molecule has 0 bridgehead atoms. The van der Waals surface area contributed by atoms with Crippen LogP contribution < -0.4 is 10.5 Å². The third-order valence-electron chi connectivity index (χ3n) is 3.06. The summed E-state index contributed by atoms with van der Waals surface area (Å²) >= 11 is 0. The second-order valence-corrected chi connectivity index (χ2v) is 4.58. The lowest BCUT2D eigenvalue weighted by Crippen LogP contribution is -2.11. The number of carbonyl (C=O) groups is 1. The number of rotatable bonds is 5. The smallest absolute Gasteiger partial charge is 0.361 e. The van der Waals surface area contributed by atoms with Crippen molar-refractivity contribution in [2.45, 2.75) is 6.61 Å². The molecule has 1 aromatic carbocycles. The van der Waals surface area contributed by atoms with Gasteiger partial charge in [-0.15, -0.1) is 0 Å². The van der Waals surface area contributed by atoms with E-state index in [1.54, 1.807) is 19.2 Å². The van der Waals surface area contributed by atoms with Gasteiger partial charge in [0.2, 0.25) is 5.82 Å². The number of esters is 1. The van der Waals surface area contributed by atoms with E-state index in [4.69, 9.17) is 19.7 Å². The minimum Gasteiger partial charge on any atom is -0.496 e. The first-order valence-electron chi connectivity index (χ1n) is 6.88. The van der Waals surface area contributed by atoms with Crippen molar-refractivity contribution in [2.24, 2.45) is 0 Å². The summed E-state index contributed by atoms with van der Waals surface area (Å²) in [5.74, 6) is 0.332. The summed E-state index contributed by atoms with van der Waals surface area (Å²) in [6.07, 6.45) is 2.73. The first-order valence-corrected chi connectivity index (χ1v) is 6.88. The monoisotopic (exact) mass is 327 g/mol. The molecule has 9 heteroatoms. The molecule has 2 N–H and O–H groups in total. The number of para-hydroxylation sites is 1. The fourth-order valence-electron chi connectivity index (χ4n) is 1.95. The molecule has 0 aliphatic carbocycles. The quantitative estimate of drug-likeness (QED) is 0.693. The number of anilines is 1. The van der Waals surface area contributed by atoms with E-state index in [1.165, 1.54) is 12.4 Å². The zero-order valence-corrected chi connectivity index (χ0v) is 12.7. The van der Waals surface area contributed by atoms with Gasteiger partial charge in [0.15, 0.2) is 18.1 Å². The molecule has 0 saturated heterocycles. The molecular weight excluding hydrogens is 314 g/mol. The third kappa shape index (κ3) is 3.14. The van der Waals surface area contributed by atoms with Gasteiger partial charge in [0.1, 0.15) is 5.75 Å². The molecule has 0 aliphatic heterocycles. The van der Waals surface area contributed by atoms with Crippen LogP contribution >= 0.6 is 0 Å². The molecule has 2 aromatic heterocycles. The lowest BCUT2D eigenvalue weighted by molar-refractivity contribution is 0.0424. The van der Waals surface area contributed by atoms with Crippen molar-refractivity contribution >= 4 is 11.8 Å². The van der Waals surface area contributed by atoms with E-state index < -0.39 is 5.97 Å². The lowest BCUT2D eigenvalue weighted by atomic mass is 10.2. The van der Waals surface area contributed by atoms with E-state index in [9.17, 15) is 4.79 Å². The van der Waals surface area contributed by atoms with Crippen molar-refractivity contribution < 1.29 is 18.8 Å². The van der Waals surface area contributed by atoms with Gasteiger partial charge in [-0.25, -0.2) is 14.8 Å². The highest BCUT2D eigenvalue weighted by molar-refractivity contribution is 5.91. The molecule has 0 saturated carbocycles. The maximum absolute atomic E-state index is 11.9. The summed E-state index contributed by atoms with van der Waals surface area (Å²) in [6, 6.07) is 7.23. The maximum Gasteiger partial charge on any atom is 0.361 e. The van der Waals surface area contributed by atoms with E-state index in [0.29, 0.717) is 17.1 Å². The second-order valence-electron chi connectivity index (χ2n) is 4.58. The number of aromatic nitrogens is 4. The number of ether oxygens (including phenoxy) is 2. The predicted molar refractivity (Wildman–Crippen MR) is 81.8 cm³/mol. The number of hydrogen-bond donors (Lipinski definition) is 1. The fraction of sp³-hybridized carbons (Fsp3) is 0.133. The Balaban J connectivity index is 1.71. The van der Waals surface area contributed by atoms with E-state index in [2.05, 4.69) is 20.1 Å². The van der Waals surface area contributed by atoms with Gasteiger partial charge in [-0.05, 0) is 12.1 Å². The summed E-state index contributed by atoms with van der Waals surface area (Å²) in [4.78, 5) is 23.7. The third-order valence-corrected chi connectivity index (χ3v) is 3.06. The van der Waals surface area contributed by atoms with E-state index in [1.807, 2.05) is 12.1 Å². The molecule has 122 valence electrons. The highest BCUT2D eigenvalue weighted by Gasteiger charge is 2.17. The summed E-state index contributed by atoms with van der Waals surface area (Å²) in [5, 5.41) is 3.85. The van der Waals surface area contributed by atoms with Crippen LogP contribution in [-0.2, 0) is 11.3 Å². The highest BCUT2D eigenvalue weighted by Crippen LogP contribution is 2.27. The molecular formula is C15H13N5O4. The van der Waals surface area contributed by atoms with Gasteiger partial charge >= 0.3 is 5.97 Å². The van der Waals surface area contributed by atoms with E-state index in [-0.39, 0.29) is 24.0 Å². The Hall–Kier alpha value is -3.49. The Labute approximate surface area is 136 Å². The van der Waals surface area contributed by atoms with Crippen molar-refractivity contribution in [3.8, 4) is 17.1 Å². The van der Waals surface area contributed by atoms with Crippen molar-refractivity contribution in [3.05, 3.63) is 48.2 Å². The largest absolute Gasteiger partial charge is 0.496 e. The van der Waals surface area contributed by atoms with Crippen LogP contribution in [0.25, 0.3) is 11.4 Å². The molecule has 0 fully saturated rings. The van der Waals surface area contributed by atoms with Crippen molar-refractivity contribution in [1.82, 2.24) is 20.1 Å². The number of carbonyl (C=O) groups excluding carboxylic acids is 1. The van der Waals surface area contributed by atoms with Gasteiger partial charge in [0.05, 0.1) is 12.7 Å². The van der Waals surface area contributed by atoms with Crippen molar-refractivity contribution in [1.29, 1.82) is 0 Å². The first-order chi connectivity index (χ1) is 11.7. The molecule has 0 spiro atoms. The predicted octanol–water partition coefficient (Wildman–Crippen LogP) is 1.47. The molecule has 0 amide bonds. The van der Waals surface area contributed by atoms with Crippen LogP contribution in [0.4, 0.5) is 5.82 Å². The summed E-state index contributed by atoms with van der Waals surface area (Å²) in [7, 11) is 1.55. The van der Waals surface area contributed by atoms with E-state index >= 15 is 0 Å². The second kappa shape index (κ2) is 6.73. The Bertz CT molecular complexity index is 864. The zero-order chi connectivity index (χ0) is 16.9. The Morgan fingerprint density at radius 3 is 2.83 bits per heavy atom. The van der Waals surface area contributed by atoms with Crippen LogP contribution in [0.1, 0.15) is 16.4 Å². The lowest BCUT2D eigenvalue weighted by Gasteiger charge is -2.03. The van der Waals surface area contributed by atoms with Gasteiger partial charge in [-0.2, -0.15) is 4.98 Å². The summed E-state index contributed by atoms with van der Waals surface area (Å²) in [6.45, 7) is -0.211. The van der Waals surface area contributed by atoms with Crippen LogP contribution in [-0.4, -0.2) is 33.2 Å². The standard InChI is InChI=1S/C15H13N5O4/c1-22-10-5-3-2-4-9(10)14-19-11(24-20-14)8-23-15(21)12-13(16)18-7-6-17-12/h2-7H,8H2,1H3,(H2,16,18). The molecule has 9 nitrogen and oxygen atoms in total. The first kappa shape index (κ1) is 15.4. The Kier molecular flexibility index (Phi) is 4.32. The normalized spacial score (nSPS) is 10.4. The topological polar surface area (TPSA) is 126 Å². The summed E-state index contributed by atoms with van der Waals surface area (Å²) < 4.78 is 15.4. The van der Waals surface area contributed by atoms with E-state index in [0.717, 1.165) is 0 Å². The minimum atomic E-state index is -0.724. The summed E-state index contributed by atoms with van der Waals surface area (Å²) in [5.41, 5.74) is 6.16. The number of nitrogens with two attached hydrogens (primary N) is 1. The number of benzene rings is 1. The number of methoxy groups -OCH3 is 1. The highest BCUT2D eigenvalue weighted by atomic mass is 16.6. The van der Waals surface area contributed by atoms with Gasteiger partial charge < -0.3 is 19.7 Å². The molecule has 0 unspecified atom stereocenters. The molecule has 2 heterocycles. The van der Waals surface area contributed by atoms with Crippen molar-refractivity contribution in [3.63, 3.8) is 0 Å². The van der Waals surface area contributed by atoms with Crippen LogP contribution in [0.2, 0.25) is 0 Å². The Morgan fingerprint density at radius 1 is 1.25 bits per heavy atom. The van der Waals surface area contributed by atoms with Crippen LogP contribution in [0, 0.1) is 0 Å². The number of nitrogen functional groups attached to an aromatic ring is 1. The van der Waals surface area contributed by atoms with Crippen LogP contribution in [0.5, 0.6) is 5.75 Å². The zero-order valence-electron chi connectivity index (χ0n) is 12.7. The van der Waals surface area contributed by atoms with Crippen LogP contribution in [0.15, 0.2) is 41.2 Å². The fourth-order valence-corrected chi connectivity index (χ4v) is 1.95. The molecule has 0 aliphatic rings. The molecule has 0 atom stereocenters. The van der Waals surface area contributed by atoms with Gasteiger partial charge in [-0.3, -0.25) is 0 Å². The number of nitrogens with zero attached hydrogens (tertiary/aromatic N) is 4. The molecule has 3 aromatic rings. The Morgan fingerprint density at radius 2 is 2.04 bits per heavy atom. The van der Waals surface area contributed by atoms with Gasteiger partial charge in [0, 0.05) is 12.4 Å². The number of hydrogen-bond acceptors (Lipinski definition) is 9. The van der Waals surface area contributed by atoms with Crippen molar-refractivity contribution in [2.75, 3.05) is 12.8 Å². The van der Waals surface area contributed by atoms with Crippen LogP contribution in [0.3, 0.4) is 0 Å². The van der Waals surface area contributed by atoms with Gasteiger partial charge in [-0.1, -0.05) is 17.3 Å². The molecule has 3 rings (SSSR count). The maximum atomic E-state index is 11.9. The average Bonchev–Trinajstić information content (AvgIpc) is 3.09. The average molecular weight is 327 g/mol. The molecule has 24 heavy (non-hydrogen) atoms. The SMILES string of the molecule is COc1ccccc1-c1noc(COC(=O)c2nccnc2N)n1. The minimum absolute atomic E-state index is 0.0114. The molecule has 0 radical (unpaired) electrons.